The van der Waals surface area contributed by atoms with Crippen LogP contribution in [0.15, 0.2) is 24.3 Å². The quantitative estimate of drug-likeness (QED) is 0.469. The van der Waals surface area contributed by atoms with E-state index in [2.05, 4.69) is 18.7 Å². The summed E-state index contributed by atoms with van der Waals surface area (Å²) in [4.78, 5) is 31.1. The number of likely N-dealkylation sites (N-methyl/N-ethyl adjacent to an activating group) is 1. The van der Waals surface area contributed by atoms with E-state index in [1.165, 1.54) is 12.1 Å². The number of urea groups is 1. The molecule has 0 saturated carbocycles. The maximum Gasteiger partial charge on any atom is 0.416 e. The fourth-order valence-corrected chi connectivity index (χ4v) is 5.37. The largest absolute Gasteiger partial charge is 0.416 e. The normalized spacial score (nSPS) is 20.5. The Morgan fingerprint density at radius 2 is 1.80 bits per heavy atom. The number of carbonyl (C=O) groups is 2. The minimum atomic E-state index is -4.33. The summed E-state index contributed by atoms with van der Waals surface area (Å²) in [5.74, 6) is 0.509. The van der Waals surface area contributed by atoms with E-state index in [-0.39, 0.29) is 36.3 Å². The highest BCUT2D eigenvalue weighted by Crippen LogP contribution is 2.30. The number of alkyl halides is 3. The van der Waals surface area contributed by atoms with E-state index in [1.807, 2.05) is 4.90 Å². The van der Waals surface area contributed by atoms with Gasteiger partial charge in [-0.2, -0.15) is 13.2 Å². The highest BCUT2D eigenvalue weighted by molar-refractivity contribution is 5.87. The molecule has 198 valence electrons. The lowest BCUT2D eigenvalue weighted by molar-refractivity contribution is -0.137. The van der Waals surface area contributed by atoms with Crippen LogP contribution in [0.2, 0.25) is 0 Å². The number of Topliss-reactive ketones (excluding diaryl/α,β-unsaturated/α-hetero) is 1. The summed E-state index contributed by atoms with van der Waals surface area (Å²) in [5, 5.41) is 0. The highest BCUT2D eigenvalue weighted by atomic mass is 35.5. The van der Waals surface area contributed by atoms with Gasteiger partial charge in [-0.1, -0.05) is 25.1 Å². The minimum Gasteiger partial charge on any atom is -0.325 e. The van der Waals surface area contributed by atoms with Crippen LogP contribution >= 0.6 is 12.4 Å². The van der Waals surface area contributed by atoms with Gasteiger partial charge in [-0.25, -0.2) is 4.79 Å². The number of carbonyl (C=O) groups excluding carboxylic acids is 2. The first-order valence-electron chi connectivity index (χ1n) is 12.6. The van der Waals surface area contributed by atoms with E-state index in [9.17, 15) is 22.8 Å². The van der Waals surface area contributed by atoms with E-state index in [1.54, 1.807) is 17.9 Å². The van der Waals surface area contributed by atoms with Crippen molar-refractivity contribution in [2.75, 3.05) is 32.7 Å². The third-order valence-electron chi connectivity index (χ3n) is 7.41. The standard InChI is InChI=1S/C26H38F3N3O2.ClH/c1-4-30(19(2)16-22-8-7-9-23(17-22)26(27,28)29)18-21-11-14-31(15-12-21)25(34)32-13-6-5-10-24(32)20(3)33;/h7-9,17,19,21,24H,4-6,10-16,18H2,1-3H3;1H. The van der Waals surface area contributed by atoms with Crippen molar-refractivity contribution in [3.63, 3.8) is 0 Å². The number of hydrogen-bond acceptors (Lipinski definition) is 3. The minimum absolute atomic E-state index is 0. The number of amides is 2. The van der Waals surface area contributed by atoms with Crippen LogP contribution in [0, 0.1) is 5.92 Å². The molecule has 5 nitrogen and oxygen atoms in total. The van der Waals surface area contributed by atoms with E-state index in [4.69, 9.17) is 0 Å². The Bertz CT molecular complexity index is 843. The van der Waals surface area contributed by atoms with Crippen molar-refractivity contribution >= 4 is 24.2 Å². The molecule has 0 radical (unpaired) electrons. The topological polar surface area (TPSA) is 43.9 Å². The summed E-state index contributed by atoms with van der Waals surface area (Å²) in [6.07, 6.45) is 0.730. The number of halogens is 4. The molecule has 0 aliphatic carbocycles. The monoisotopic (exact) mass is 517 g/mol. The Hall–Kier alpha value is -1.80. The Morgan fingerprint density at radius 1 is 1.11 bits per heavy atom. The Balaban J connectivity index is 0.00000432. The first kappa shape index (κ1) is 29.4. The van der Waals surface area contributed by atoms with Gasteiger partial charge in [0.15, 0.2) is 5.78 Å². The number of nitrogens with zero attached hydrogens (tertiary/aromatic N) is 3. The maximum absolute atomic E-state index is 13.1. The molecular weight excluding hydrogens is 479 g/mol. The first-order valence-corrected chi connectivity index (χ1v) is 12.6. The second-order valence-electron chi connectivity index (χ2n) is 9.87. The Kier molecular flexibility index (Phi) is 10.9. The zero-order valence-electron chi connectivity index (χ0n) is 21.0. The molecule has 3 rings (SSSR count). The molecule has 1 aromatic rings. The molecule has 2 aliphatic rings. The van der Waals surface area contributed by atoms with Gasteiger partial charge in [0.1, 0.15) is 0 Å². The third-order valence-corrected chi connectivity index (χ3v) is 7.41. The molecule has 2 amide bonds. The fraction of sp³-hybridized carbons (Fsp3) is 0.692. The van der Waals surface area contributed by atoms with Gasteiger partial charge in [0.25, 0.3) is 0 Å². The van der Waals surface area contributed by atoms with Gasteiger partial charge in [0.2, 0.25) is 0 Å². The summed E-state index contributed by atoms with van der Waals surface area (Å²) in [6, 6.07) is 5.44. The van der Waals surface area contributed by atoms with E-state index in [0.717, 1.165) is 51.3 Å². The van der Waals surface area contributed by atoms with Gasteiger partial charge in [0, 0.05) is 32.2 Å². The van der Waals surface area contributed by atoms with E-state index in [0.29, 0.717) is 37.5 Å². The zero-order valence-corrected chi connectivity index (χ0v) is 21.8. The molecule has 0 bridgehead atoms. The number of hydrogen-bond donors (Lipinski definition) is 0. The van der Waals surface area contributed by atoms with Crippen molar-refractivity contribution in [2.24, 2.45) is 5.92 Å². The number of piperidine rings is 2. The Labute approximate surface area is 213 Å². The van der Waals surface area contributed by atoms with Crippen LogP contribution < -0.4 is 0 Å². The molecule has 2 unspecified atom stereocenters. The third kappa shape index (κ3) is 7.84. The summed E-state index contributed by atoms with van der Waals surface area (Å²) < 4.78 is 39.1. The fourth-order valence-electron chi connectivity index (χ4n) is 5.37. The van der Waals surface area contributed by atoms with Crippen LogP contribution in [0.25, 0.3) is 0 Å². The molecule has 9 heteroatoms. The predicted octanol–water partition coefficient (Wildman–Crippen LogP) is 5.66. The van der Waals surface area contributed by atoms with Crippen molar-refractivity contribution in [1.29, 1.82) is 0 Å². The van der Waals surface area contributed by atoms with Gasteiger partial charge in [-0.3, -0.25) is 4.79 Å². The van der Waals surface area contributed by atoms with Gasteiger partial charge < -0.3 is 14.7 Å². The number of likely N-dealkylation sites (tertiary alicyclic amines) is 2. The molecule has 0 aromatic heterocycles. The summed E-state index contributed by atoms with van der Waals surface area (Å²) in [7, 11) is 0. The molecular formula is C26H39ClF3N3O2. The summed E-state index contributed by atoms with van der Waals surface area (Å²) >= 11 is 0. The number of ketones is 1. The zero-order chi connectivity index (χ0) is 24.9. The van der Waals surface area contributed by atoms with E-state index < -0.39 is 11.7 Å². The molecule has 0 spiro atoms. The molecule has 35 heavy (non-hydrogen) atoms. The molecule has 2 atom stereocenters. The van der Waals surface area contributed by atoms with Gasteiger partial charge in [0.05, 0.1) is 11.6 Å². The Morgan fingerprint density at radius 3 is 2.40 bits per heavy atom. The van der Waals surface area contributed by atoms with E-state index >= 15 is 0 Å². The van der Waals surface area contributed by atoms with Crippen LogP contribution in [0.3, 0.4) is 0 Å². The van der Waals surface area contributed by atoms with Crippen molar-refractivity contribution in [1.82, 2.24) is 14.7 Å². The van der Waals surface area contributed by atoms with Crippen molar-refractivity contribution in [3.8, 4) is 0 Å². The van der Waals surface area contributed by atoms with Gasteiger partial charge in [-0.15, -0.1) is 12.4 Å². The van der Waals surface area contributed by atoms with Gasteiger partial charge in [-0.05, 0) is 76.5 Å². The smallest absolute Gasteiger partial charge is 0.325 e. The van der Waals surface area contributed by atoms with Crippen LogP contribution in [0.5, 0.6) is 0 Å². The molecule has 1 aromatic carbocycles. The second-order valence-corrected chi connectivity index (χ2v) is 9.87. The summed E-state index contributed by atoms with van der Waals surface area (Å²) in [5.41, 5.74) is 0.0979. The van der Waals surface area contributed by atoms with Crippen LogP contribution in [0.1, 0.15) is 64.0 Å². The van der Waals surface area contributed by atoms with Gasteiger partial charge >= 0.3 is 12.2 Å². The molecule has 0 N–H and O–H groups in total. The second kappa shape index (κ2) is 12.9. The lowest BCUT2D eigenvalue weighted by atomic mass is 9.94. The lowest BCUT2D eigenvalue weighted by Crippen LogP contribution is -2.54. The highest BCUT2D eigenvalue weighted by Gasteiger charge is 2.34. The SMILES string of the molecule is CCN(CC1CCN(C(=O)N2CCCCC2C(C)=O)CC1)C(C)Cc1cccc(C(F)(F)F)c1.Cl. The maximum atomic E-state index is 13.1. The van der Waals surface area contributed by atoms with Crippen molar-refractivity contribution in [3.05, 3.63) is 35.4 Å². The number of rotatable bonds is 7. The predicted molar refractivity (Wildman–Crippen MR) is 134 cm³/mol. The van der Waals surface area contributed by atoms with Crippen molar-refractivity contribution < 1.29 is 22.8 Å². The lowest BCUT2D eigenvalue weighted by Gasteiger charge is -2.41. The molecule has 2 saturated heterocycles. The molecule has 2 fully saturated rings. The number of benzene rings is 1. The van der Waals surface area contributed by atoms with Crippen LogP contribution in [0.4, 0.5) is 18.0 Å². The van der Waals surface area contributed by atoms with Crippen LogP contribution in [-0.4, -0.2) is 71.3 Å². The molecule has 2 aliphatic heterocycles. The summed E-state index contributed by atoms with van der Waals surface area (Å²) in [6.45, 7) is 9.45. The van der Waals surface area contributed by atoms with Crippen LogP contribution in [-0.2, 0) is 17.4 Å². The average Bonchev–Trinajstić information content (AvgIpc) is 2.82. The average molecular weight is 518 g/mol. The van der Waals surface area contributed by atoms with Crippen molar-refractivity contribution in [2.45, 2.75) is 77.6 Å². The first-order chi connectivity index (χ1) is 16.1. The molecule has 2 heterocycles.